The van der Waals surface area contributed by atoms with Crippen LogP contribution in [0.5, 0.6) is 0 Å². The SMILES string of the molecule is Bc1cc2cc(C#N)c(C)cc2cc1Cl. The van der Waals surface area contributed by atoms with Crippen LogP contribution < -0.4 is 5.46 Å². The zero-order valence-electron chi connectivity index (χ0n) is 8.63. The van der Waals surface area contributed by atoms with Gasteiger partial charge in [-0.25, -0.2) is 0 Å². The van der Waals surface area contributed by atoms with E-state index in [1.54, 1.807) is 0 Å². The fourth-order valence-corrected chi connectivity index (χ4v) is 1.84. The average molecular weight is 213 g/mol. The van der Waals surface area contributed by atoms with Gasteiger partial charge in [-0.15, -0.1) is 0 Å². The van der Waals surface area contributed by atoms with E-state index in [0.29, 0.717) is 0 Å². The van der Waals surface area contributed by atoms with Crippen LogP contribution in [0, 0.1) is 18.3 Å². The van der Waals surface area contributed by atoms with Crippen molar-refractivity contribution in [2.75, 3.05) is 0 Å². The van der Waals surface area contributed by atoms with Crippen LogP contribution >= 0.6 is 11.6 Å². The minimum absolute atomic E-state index is 0.726. The molecule has 0 spiro atoms. The van der Waals surface area contributed by atoms with Crippen molar-refractivity contribution in [3.05, 3.63) is 40.4 Å². The van der Waals surface area contributed by atoms with Crippen molar-refractivity contribution in [3.63, 3.8) is 0 Å². The number of hydrogen-bond acceptors (Lipinski definition) is 1. The first-order valence-corrected chi connectivity index (χ1v) is 5.10. The Hall–Kier alpha value is -1.46. The minimum Gasteiger partial charge on any atom is -0.192 e. The smallest absolute Gasteiger partial charge is 0.141 e. The Bertz CT molecular complexity index is 584. The Kier molecular flexibility index (Phi) is 2.42. The molecular formula is C12H9BClN. The molecule has 0 amide bonds. The molecular weight excluding hydrogens is 204 g/mol. The molecule has 0 N–H and O–H groups in total. The predicted octanol–water partition coefficient (Wildman–Crippen LogP) is 1.93. The highest BCUT2D eigenvalue weighted by atomic mass is 35.5. The highest BCUT2D eigenvalue weighted by Crippen LogP contribution is 2.21. The molecule has 0 aromatic heterocycles. The van der Waals surface area contributed by atoms with Gasteiger partial charge in [0.2, 0.25) is 0 Å². The maximum Gasteiger partial charge on any atom is 0.141 e. The number of rotatable bonds is 0. The summed E-state index contributed by atoms with van der Waals surface area (Å²) in [5.74, 6) is 0. The molecule has 0 heterocycles. The van der Waals surface area contributed by atoms with Crippen LogP contribution in [0.3, 0.4) is 0 Å². The van der Waals surface area contributed by atoms with E-state index in [4.69, 9.17) is 16.9 Å². The largest absolute Gasteiger partial charge is 0.192 e. The van der Waals surface area contributed by atoms with Crippen molar-refractivity contribution in [3.8, 4) is 6.07 Å². The molecule has 0 saturated carbocycles. The fraction of sp³-hybridized carbons (Fsp3) is 0.0833. The van der Waals surface area contributed by atoms with Crippen LogP contribution in [0.25, 0.3) is 10.8 Å². The number of hydrogen-bond donors (Lipinski definition) is 0. The van der Waals surface area contributed by atoms with E-state index in [0.717, 1.165) is 32.4 Å². The quantitative estimate of drug-likeness (QED) is 0.614. The van der Waals surface area contributed by atoms with Crippen LogP contribution in [0.15, 0.2) is 24.3 Å². The Balaban J connectivity index is 2.84. The minimum atomic E-state index is 0.726. The van der Waals surface area contributed by atoms with Gasteiger partial charge >= 0.3 is 0 Å². The lowest BCUT2D eigenvalue weighted by molar-refractivity contribution is 1.42. The van der Waals surface area contributed by atoms with Crippen LogP contribution in [0.2, 0.25) is 5.02 Å². The summed E-state index contributed by atoms with van der Waals surface area (Å²) in [6.45, 7) is 1.94. The molecule has 3 heteroatoms. The van der Waals surface area contributed by atoms with Crippen molar-refractivity contribution in [1.29, 1.82) is 5.26 Å². The van der Waals surface area contributed by atoms with Gasteiger partial charge in [-0.3, -0.25) is 0 Å². The van der Waals surface area contributed by atoms with Gasteiger partial charge in [0.15, 0.2) is 0 Å². The number of nitriles is 1. The topological polar surface area (TPSA) is 23.8 Å². The lowest BCUT2D eigenvalue weighted by Crippen LogP contribution is -2.03. The molecule has 0 aliphatic carbocycles. The Morgan fingerprint density at radius 3 is 2.53 bits per heavy atom. The summed E-state index contributed by atoms with van der Waals surface area (Å²) < 4.78 is 0. The normalized spacial score (nSPS) is 10.2. The van der Waals surface area contributed by atoms with E-state index >= 15 is 0 Å². The Labute approximate surface area is 94.7 Å². The zero-order valence-corrected chi connectivity index (χ0v) is 9.39. The third-order valence-corrected chi connectivity index (χ3v) is 2.99. The number of fused-ring (bicyclic) bond motifs is 1. The lowest BCUT2D eigenvalue weighted by atomic mass is 9.92. The first-order valence-electron chi connectivity index (χ1n) is 4.72. The van der Waals surface area contributed by atoms with Crippen molar-refractivity contribution in [1.82, 2.24) is 0 Å². The van der Waals surface area contributed by atoms with Crippen LogP contribution in [0.1, 0.15) is 11.1 Å². The number of aryl methyl sites for hydroxylation is 1. The van der Waals surface area contributed by atoms with Crippen molar-refractivity contribution in [2.45, 2.75) is 6.92 Å². The monoisotopic (exact) mass is 213 g/mol. The molecule has 0 bridgehead atoms. The molecule has 0 aliphatic rings. The lowest BCUT2D eigenvalue weighted by Gasteiger charge is -2.05. The van der Waals surface area contributed by atoms with Crippen molar-refractivity contribution in [2.24, 2.45) is 0 Å². The zero-order chi connectivity index (χ0) is 11.0. The van der Waals surface area contributed by atoms with Gasteiger partial charge in [-0.2, -0.15) is 5.26 Å². The van der Waals surface area contributed by atoms with E-state index in [1.165, 1.54) is 0 Å². The maximum atomic E-state index is 8.93. The van der Waals surface area contributed by atoms with Gasteiger partial charge < -0.3 is 0 Å². The van der Waals surface area contributed by atoms with E-state index in [-0.39, 0.29) is 0 Å². The van der Waals surface area contributed by atoms with Gasteiger partial charge in [-0.1, -0.05) is 29.2 Å². The first kappa shape index (κ1) is 10.1. The van der Waals surface area contributed by atoms with E-state index in [2.05, 4.69) is 6.07 Å². The molecule has 15 heavy (non-hydrogen) atoms. The summed E-state index contributed by atoms with van der Waals surface area (Å²) in [6, 6.07) is 10.1. The van der Waals surface area contributed by atoms with Gasteiger partial charge in [-0.05, 0) is 35.4 Å². The van der Waals surface area contributed by atoms with E-state index in [9.17, 15) is 0 Å². The second kappa shape index (κ2) is 3.60. The molecule has 1 nitrogen and oxygen atoms in total. The molecule has 2 aromatic rings. The second-order valence-electron chi connectivity index (χ2n) is 3.73. The van der Waals surface area contributed by atoms with Crippen LogP contribution in [-0.4, -0.2) is 7.85 Å². The summed E-state index contributed by atoms with van der Waals surface area (Å²) in [6.07, 6.45) is 0. The summed E-state index contributed by atoms with van der Waals surface area (Å²) >= 11 is 6.05. The van der Waals surface area contributed by atoms with Crippen molar-refractivity contribution >= 4 is 35.7 Å². The van der Waals surface area contributed by atoms with Gasteiger partial charge in [0, 0.05) is 5.02 Å². The molecule has 0 aliphatic heterocycles. The molecule has 0 unspecified atom stereocenters. The molecule has 2 rings (SSSR count). The molecule has 72 valence electrons. The average Bonchev–Trinajstić information content (AvgIpc) is 2.20. The third-order valence-electron chi connectivity index (χ3n) is 2.58. The number of nitrogens with zero attached hydrogens (tertiary/aromatic N) is 1. The van der Waals surface area contributed by atoms with E-state index < -0.39 is 0 Å². The van der Waals surface area contributed by atoms with Crippen LogP contribution in [0.4, 0.5) is 0 Å². The molecule has 0 radical (unpaired) electrons. The summed E-state index contributed by atoms with van der Waals surface area (Å²) in [5.41, 5.74) is 2.76. The highest BCUT2D eigenvalue weighted by Gasteiger charge is 2.03. The fourth-order valence-electron chi connectivity index (χ4n) is 1.67. The first-order chi connectivity index (χ1) is 7.11. The van der Waals surface area contributed by atoms with Crippen LogP contribution in [-0.2, 0) is 0 Å². The number of halogens is 1. The highest BCUT2D eigenvalue weighted by molar-refractivity contribution is 6.45. The van der Waals surface area contributed by atoms with Gasteiger partial charge in [0.25, 0.3) is 0 Å². The Morgan fingerprint density at radius 2 is 1.87 bits per heavy atom. The Morgan fingerprint density at radius 1 is 1.20 bits per heavy atom. The standard InChI is InChI=1S/C12H9BClN/c1-7-2-8-5-12(14)11(13)4-9(8)3-10(7)6-15/h2-5H,13H2,1H3. The molecule has 2 aromatic carbocycles. The summed E-state index contributed by atoms with van der Waals surface area (Å²) in [5, 5.41) is 11.8. The molecule has 0 fully saturated rings. The summed E-state index contributed by atoms with van der Waals surface area (Å²) in [4.78, 5) is 0. The maximum absolute atomic E-state index is 8.93. The van der Waals surface area contributed by atoms with Gasteiger partial charge in [0.1, 0.15) is 7.85 Å². The molecule has 0 saturated heterocycles. The van der Waals surface area contributed by atoms with Crippen molar-refractivity contribution < 1.29 is 0 Å². The van der Waals surface area contributed by atoms with E-state index in [1.807, 2.05) is 39.0 Å². The van der Waals surface area contributed by atoms with Gasteiger partial charge in [0.05, 0.1) is 11.6 Å². The summed E-state index contributed by atoms with van der Waals surface area (Å²) in [7, 11) is 1.97. The number of benzene rings is 2. The molecule has 0 atom stereocenters. The second-order valence-corrected chi connectivity index (χ2v) is 4.13. The predicted molar refractivity (Wildman–Crippen MR) is 66.6 cm³/mol. The third kappa shape index (κ3) is 1.71.